The van der Waals surface area contributed by atoms with Crippen molar-refractivity contribution < 1.29 is 9.59 Å². The molecular weight excluding hydrogens is 296 g/mol. The summed E-state index contributed by atoms with van der Waals surface area (Å²) in [6, 6.07) is 6.77. The standard InChI is InChI=1S/C15H18N6O2/c1-9(10-2-3-10)17-13(22)8-21-19-15(18-20-21)12-6-4-11(5-7-12)14(16)23/h4-7,9-10H,2-3,8H2,1H3,(H2,16,23)(H,17,22)/t9-/m1/s1. The van der Waals surface area contributed by atoms with Crippen LogP contribution in [0.3, 0.4) is 0 Å². The van der Waals surface area contributed by atoms with Crippen LogP contribution in [0.1, 0.15) is 30.1 Å². The Hall–Kier alpha value is -2.77. The molecule has 1 aromatic heterocycles. The zero-order chi connectivity index (χ0) is 16.4. The molecule has 0 saturated heterocycles. The lowest BCUT2D eigenvalue weighted by atomic mass is 10.1. The lowest BCUT2D eigenvalue weighted by molar-refractivity contribution is -0.122. The maximum absolute atomic E-state index is 11.9. The van der Waals surface area contributed by atoms with Crippen LogP contribution >= 0.6 is 0 Å². The summed E-state index contributed by atoms with van der Waals surface area (Å²) in [5.41, 5.74) is 6.31. The van der Waals surface area contributed by atoms with Gasteiger partial charge in [-0.2, -0.15) is 4.80 Å². The van der Waals surface area contributed by atoms with Gasteiger partial charge in [0.1, 0.15) is 6.54 Å². The van der Waals surface area contributed by atoms with Crippen molar-refractivity contribution in [1.29, 1.82) is 0 Å². The molecule has 23 heavy (non-hydrogen) atoms. The monoisotopic (exact) mass is 314 g/mol. The molecule has 2 amide bonds. The van der Waals surface area contributed by atoms with Crippen LogP contribution in [0.4, 0.5) is 0 Å². The van der Waals surface area contributed by atoms with Crippen LogP contribution in [0.15, 0.2) is 24.3 Å². The molecule has 0 radical (unpaired) electrons. The highest BCUT2D eigenvalue weighted by Crippen LogP contribution is 2.32. The molecule has 1 aromatic carbocycles. The van der Waals surface area contributed by atoms with Gasteiger partial charge in [-0.15, -0.1) is 10.2 Å². The Balaban J connectivity index is 1.63. The first-order valence-electron chi connectivity index (χ1n) is 7.50. The van der Waals surface area contributed by atoms with Crippen molar-refractivity contribution in [3.8, 4) is 11.4 Å². The van der Waals surface area contributed by atoms with E-state index in [1.165, 1.54) is 17.6 Å². The van der Waals surface area contributed by atoms with E-state index in [1.807, 2.05) is 6.92 Å². The van der Waals surface area contributed by atoms with E-state index >= 15 is 0 Å². The molecule has 8 nitrogen and oxygen atoms in total. The summed E-state index contributed by atoms with van der Waals surface area (Å²) in [4.78, 5) is 24.2. The van der Waals surface area contributed by atoms with Crippen molar-refractivity contribution in [2.75, 3.05) is 0 Å². The Morgan fingerprint density at radius 3 is 2.65 bits per heavy atom. The van der Waals surface area contributed by atoms with Gasteiger partial charge in [-0.3, -0.25) is 9.59 Å². The summed E-state index contributed by atoms with van der Waals surface area (Å²) in [6.45, 7) is 2.04. The number of primary amides is 1. The molecule has 0 bridgehead atoms. The molecule has 0 aliphatic heterocycles. The minimum atomic E-state index is -0.491. The molecule has 1 atom stereocenters. The zero-order valence-electron chi connectivity index (χ0n) is 12.8. The fraction of sp³-hybridized carbons (Fsp3) is 0.400. The summed E-state index contributed by atoms with van der Waals surface area (Å²) < 4.78 is 0. The molecule has 1 aliphatic carbocycles. The van der Waals surface area contributed by atoms with Gasteiger partial charge in [0.15, 0.2) is 0 Å². The third-order valence-electron chi connectivity index (χ3n) is 3.88. The number of tetrazole rings is 1. The second kappa shape index (κ2) is 6.15. The lowest BCUT2D eigenvalue weighted by Crippen LogP contribution is -2.36. The van der Waals surface area contributed by atoms with Gasteiger partial charge in [0.25, 0.3) is 0 Å². The highest BCUT2D eigenvalue weighted by Gasteiger charge is 2.28. The maximum atomic E-state index is 11.9. The van der Waals surface area contributed by atoms with Crippen molar-refractivity contribution in [1.82, 2.24) is 25.5 Å². The van der Waals surface area contributed by atoms with E-state index in [0.717, 1.165) is 0 Å². The Labute approximate surface area is 133 Å². The van der Waals surface area contributed by atoms with E-state index in [0.29, 0.717) is 22.9 Å². The van der Waals surface area contributed by atoms with Crippen molar-refractivity contribution in [3.05, 3.63) is 29.8 Å². The van der Waals surface area contributed by atoms with Gasteiger partial charge in [-0.05, 0) is 43.0 Å². The summed E-state index contributed by atoms with van der Waals surface area (Å²) in [7, 11) is 0. The van der Waals surface area contributed by atoms with Crippen LogP contribution < -0.4 is 11.1 Å². The fourth-order valence-electron chi connectivity index (χ4n) is 2.35. The predicted molar refractivity (Wildman–Crippen MR) is 82.1 cm³/mol. The quantitative estimate of drug-likeness (QED) is 0.798. The molecule has 3 N–H and O–H groups in total. The number of rotatable bonds is 6. The molecule has 0 spiro atoms. The number of carbonyl (C=O) groups is 2. The second-order valence-corrected chi connectivity index (χ2v) is 5.78. The van der Waals surface area contributed by atoms with Crippen LogP contribution in [0, 0.1) is 5.92 Å². The van der Waals surface area contributed by atoms with E-state index in [-0.39, 0.29) is 18.5 Å². The van der Waals surface area contributed by atoms with E-state index in [9.17, 15) is 9.59 Å². The summed E-state index contributed by atoms with van der Waals surface area (Å²) in [5, 5.41) is 14.9. The van der Waals surface area contributed by atoms with E-state index in [1.54, 1.807) is 24.3 Å². The molecule has 1 heterocycles. The molecular formula is C15H18N6O2. The molecule has 1 fully saturated rings. The smallest absolute Gasteiger partial charge is 0.248 e. The van der Waals surface area contributed by atoms with Crippen LogP contribution in [0.2, 0.25) is 0 Å². The lowest BCUT2D eigenvalue weighted by Gasteiger charge is -2.11. The van der Waals surface area contributed by atoms with E-state index in [2.05, 4.69) is 20.7 Å². The number of hydrogen-bond acceptors (Lipinski definition) is 5. The second-order valence-electron chi connectivity index (χ2n) is 5.78. The largest absolute Gasteiger partial charge is 0.366 e. The topological polar surface area (TPSA) is 116 Å². The number of nitrogens with two attached hydrogens (primary N) is 1. The fourth-order valence-corrected chi connectivity index (χ4v) is 2.35. The van der Waals surface area contributed by atoms with Crippen LogP contribution in [0.25, 0.3) is 11.4 Å². The Kier molecular flexibility index (Phi) is 4.05. The molecule has 2 aromatic rings. The third-order valence-corrected chi connectivity index (χ3v) is 3.88. The average molecular weight is 314 g/mol. The number of aromatic nitrogens is 4. The molecule has 120 valence electrons. The van der Waals surface area contributed by atoms with Crippen molar-refractivity contribution >= 4 is 11.8 Å². The minimum Gasteiger partial charge on any atom is -0.366 e. The van der Waals surface area contributed by atoms with E-state index in [4.69, 9.17) is 5.73 Å². The number of carbonyl (C=O) groups excluding carboxylic acids is 2. The number of nitrogens with zero attached hydrogens (tertiary/aromatic N) is 4. The Morgan fingerprint density at radius 1 is 1.35 bits per heavy atom. The van der Waals surface area contributed by atoms with Crippen molar-refractivity contribution in [3.63, 3.8) is 0 Å². The molecule has 8 heteroatoms. The highest BCUT2D eigenvalue weighted by atomic mass is 16.2. The van der Waals surface area contributed by atoms with Gasteiger partial charge < -0.3 is 11.1 Å². The SMILES string of the molecule is C[C@@H](NC(=O)Cn1nnc(-c2ccc(C(N)=O)cc2)n1)C1CC1. The number of hydrogen-bond donors (Lipinski definition) is 2. The normalized spacial score (nSPS) is 15.2. The highest BCUT2D eigenvalue weighted by molar-refractivity contribution is 5.93. The Bertz CT molecular complexity index is 720. The van der Waals surface area contributed by atoms with Gasteiger partial charge in [0.2, 0.25) is 17.6 Å². The molecule has 1 aliphatic rings. The maximum Gasteiger partial charge on any atom is 0.248 e. The van der Waals surface area contributed by atoms with Gasteiger partial charge in [-0.1, -0.05) is 12.1 Å². The predicted octanol–water partition coefficient (Wildman–Crippen LogP) is 0.354. The molecule has 3 rings (SSSR count). The Morgan fingerprint density at radius 2 is 2.04 bits per heavy atom. The summed E-state index contributed by atoms with van der Waals surface area (Å²) in [5.74, 6) is 0.373. The average Bonchev–Trinajstić information content (AvgIpc) is 3.28. The van der Waals surface area contributed by atoms with Gasteiger partial charge in [0.05, 0.1) is 0 Å². The number of nitrogens with one attached hydrogen (secondary N) is 1. The first-order chi connectivity index (χ1) is 11.0. The first kappa shape index (κ1) is 15.1. The molecule has 0 unspecified atom stereocenters. The van der Waals surface area contributed by atoms with Crippen molar-refractivity contribution in [2.24, 2.45) is 11.7 Å². The van der Waals surface area contributed by atoms with Gasteiger partial charge >= 0.3 is 0 Å². The number of amides is 2. The van der Waals surface area contributed by atoms with E-state index < -0.39 is 5.91 Å². The summed E-state index contributed by atoms with van der Waals surface area (Å²) >= 11 is 0. The van der Waals surface area contributed by atoms with Crippen LogP contribution in [-0.2, 0) is 11.3 Å². The zero-order valence-corrected chi connectivity index (χ0v) is 12.8. The van der Waals surface area contributed by atoms with Crippen LogP contribution in [0.5, 0.6) is 0 Å². The van der Waals surface area contributed by atoms with Gasteiger partial charge in [0, 0.05) is 17.2 Å². The first-order valence-corrected chi connectivity index (χ1v) is 7.50. The van der Waals surface area contributed by atoms with Gasteiger partial charge in [-0.25, -0.2) is 0 Å². The molecule has 1 saturated carbocycles. The van der Waals surface area contributed by atoms with Crippen LogP contribution in [-0.4, -0.2) is 38.1 Å². The number of benzene rings is 1. The summed E-state index contributed by atoms with van der Waals surface area (Å²) in [6.07, 6.45) is 2.35. The third kappa shape index (κ3) is 3.71. The minimum absolute atomic E-state index is 0.0312. The van der Waals surface area contributed by atoms with Crippen molar-refractivity contribution in [2.45, 2.75) is 32.4 Å².